The number of carbonyl (C=O) groups is 1. The first-order valence-corrected chi connectivity index (χ1v) is 10.2. The molecule has 2 aromatic heterocycles. The highest BCUT2D eigenvalue weighted by atomic mass is 32.1. The van der Waals surface area contributed by atoms with E-state index in [-0.39, 0.29) is 11.7 Å². The number of aryl methyl sites for hydroxylation is 2. The van der Waals surface area contributed by atoms with E-state index in [9.17, 15) is 9.18 Å². The lowest BCUT2D eigenvalue weighted by molar-refractivity contribution is 0.0742. The quantitative estimate of drug-likeness (QED) is 0.708. The number of nitrogens with one attached hydrogen (secondary N) is 1. The Morgan fingerprint density at radius 1 is 1.03 bits per heavy atom. The zero-order chi connectivity index (χ0) is 20.4. The van der Waals surface area contributed by atoms with Crippen molar-refractivity contribution in [1.82, 2.24) is 19.9 Å². The van der Waals surface area contributed by atoms with Crippen LogP contribution in [0.2, 0.25) is 0 Å². The second-order valence-electron chi connectivity index (χ2n) is 6.89. The highest BCUT2D eigenvalue weighted by Crippen LogP contribution is 2.22. The predicted octanol–water partition coefficient (Wildman–Crippen LogP) is 3.40. The Labute approximate surface area is 172 Å². The van der Waals surface area contributed by atoms with E-state index in [0.717, 1.165) is 17.1 Å². The van der Waals surface area contributed by atoms with Crippen LogP contribution in [0.3, 0.4) is 0 Å². The minimum atomic E-state index is -0.248. The summed E-state index contributed by atoms with van der Waals surface area (Å²) < 4.78 is 13.1. The number of amides is 1. The Morgan fingerprint density at radius 3 is 2.34 bits per heavy atom. The van der Waals surface area contributed by atoms with E-state index >= 15 is 0 Å². The van der Waals surface area contributed by atoms with Gasteiger partial charge < -0.3 is 15.1 Å². The van der Waals surface area contributed by atoms with Crippen LogP contribution in [0.25, 0.3) is 0 Å². The topological polar surface area (TPSA) is 74.2 Å². The number of halogens is 1. The molecule has 1 saturated heterocycles. The maximum Gasteiger partial charge on any atom is 0.273 e. The molecule has 0 radical (unpaired) electrons. The summed E-state index contributed by atoms with van der Waals surface area (Å²) in [5.74, 6) is 0.139. The van der Waals surface area contributed by atoms with Crippen molar-refractivity contribution in [3.63, 3.8) is 0 Å². The molecule has 3 heterocycles. The lowest BCUT2D eigenvalue weighted by atomic mass is 10.2. The Morgan fingerprint density at radius 2 is 1.69 bits per heavy atom. The van der Waals surface area contributed by atoms with Crippen molar-refractivity contribution < 1.29 is 9.18 Å². The van der Waals surface area contributed by atoms with E-state index in [1.807, 2.05) is 19.9 Å². The molecule has 9 heteroatoms. The van der Waals surface area contributed by atoms with E-state index < -0.39 is 0 Å². The molecule has 0 aliphatic carbocycles. The summed E-state index contributed by atoms with van der Waals surface area (Å²) >= 11 is 1.35. The number of anilines is 3. The fourth-order valence-electron chi connectivity index (χ4n) is 3.29. The molecule has 0 saturated carbocycles. The summed E-state index contributed by atoms with van der Waals surface area (Å²) in [6.45, 7) is 6.39. The standard InChI is InChI=1S/C20H21FN6OS/c1-13-11-14(2)23-19(22-13)25-20-24-17(12-29-20)18(28)27-9-7-26(8-10-27)16-5-3-15(21)4-6-16/h3-6,11-12H,7-10H2,1-2H3,(H,22,23,24,25). The lowest BCUT2D eigenvalue weighted by Gasteiger charge is -2.35. The lowest BCUT2D eigenvalue weighted by Crippen LogP contribution is -2.48. The van der Waals surface area contributed by atoms with E-state index in [2.05, 4.69) is 25.2 Å². The number of nitrogens with zero attached hydrogens (tertiary/aromatic N) is 5. The maximum atomic E-state index is 13.1. The van der Waals surface area contributed by atoms with Gasteiger partial charge in [-0.05, 0) is 44.2 Å². The molecule has 1 fully saturated rings. The zero-order valence-electron chi connectivity index (χ0n) is 16.2. The first-order chi connectivity index (χ1) is 14.0. The number of thiazole rings is 1. The second-order valence-corrected chi connectivity index (χ2v) is 7.75. The molecule has 1 N–H and O–H groups in total. The van der Waals surface area contributed by atoms with Crippen molar-refractivity contribution in [3.05, 3.63) is 58.6 Å². The Hall–Kier alpha value is -3.07. The van der Waals surface area contributed by atoms with Gasteiger partial charge in [-0.25, -0.2) is 19.3 Å². The number of hydrogen-bond donors (Lipinski definition) is 1. The minimum absolute atomic E-state index is 0.0885. The van der Waals surface area contributed by atoms with Crippen molar-refractivity contribution in [2.24, 2.45) is 0 Å². The monoisotopic (exact) mass is 412 g/mol. The molecule has 0 atom stereocenters. The molecular formula is C20H21FN6OS. The van der Waals surface area contributed by atoms with Gasteiger partial charge in [0.1, 0.15) is 11.5 Å². The number of rotatable bonds is 4. The first-order valence-electron chi connectivity index (χ1n) is 9.32. The minimum Gasteiger partial charge on any atom is -0.368 e. The van der Waals surface area contributed by atoms with Crippen LogP contribution in [0.1, 0.15) is 21.9 Å². The van der Waals surface area contributed by atoms with Crippen LogP contribution in [0, 0.1) is 19.7 Å². The fraction of sp³-hybridized carbons (Fsp3) is 0.300. The van der Waals surface area contributed by atoms with Crippen LogP contribution in [-0.2, 0) is 0 Å². The van der Waals surface area contributed by atoms with Gasteiger partial charge in [-0.2, -0.15) is 0 Å². The fourth-order valence-corrected chi connectivity index (χ4v) is 3.97. The van der Waals surface area contributed by atoms with Crippen molar-refractivity contribution in [2.75, 3.05) is 36.4 Å². The molecular weight excluding hydrogens is 391 g/mol. The van der Waals surface area contributed by atoms with Crippen molar-refractivity contribution in [2.45, 2.75) is 13.8 Å². The van der Waals surface area contributed by atoms with Gasteiger partial charge in [-0.1, -0.05) is 0 Å². The van der Waals surface area contributed by atoms with Crippen LogP contribution >= 0.6 is 11.3 Å². The molecule has 4 rings (SSSR count). The van der Waals surface area contributed by atoms with Gasteiger partial charge in [0.15, 0.2) is 5.13 Å². The highest BCUT2D eigenvalue weighted by molar-refractivity contribution is 7.14. The summed E-state index contributed by atoms with van der Waals surface area (Å²) in [6, 6.07) is 8.33. The summed E-state index contributed by atoms with van der Waals surface area (Å²) in [5.41, 5.74) is 3.11. The summed E-state index contributed by atoms with van der Waals surface area (Å²) in [4.78, 5) is 29.8. The van der Waals surface area contributed by atoms with Crippen LogP contribution in [0.4, 0.5) is 21.2 Å². The largest absolute Gasteiger partial charge is 0.368 e. The molecule has 3 aromatic rings. The summed E-state index contributed by atoms with van der Waals surface area (Å²) in [7, 11) is 0. The molecule has 7 nitrogen and oxygen atoms in total. The molecule has 0 unspecified atom stereocenters. The van der Waals surface area contributed by atoms with Crippen molar-refractivity contribution in [1.29, 1.82) is 0 Å². The van der Waals surface area contributed by atoms with Gasteiger partial charge in [-0.15, -0.1) is 11.3 Å². The summed E-state index contributed by atoms with van der Waals surface area (Å²) in [5, 5.41) is 5.41. The average Bonchev–Trinajstić information content (AvgIpc) is 3.16. The predicted molar refractivity (Wildman–Crippen MR) is 111 cm³/mol. The van der Waals surface area contributed by atoms with E-state index in [0.29, 0.717) is 43.0 Å². The Bertz CT molecular complexity index is 994. The van der Waals surface area contributed by atoms with E-state index in [1.54, 1.807) is 22.4 Å². The van der Waals surface area contributed by atoms with Crippen LogP contribution in [0.15, 0.2) is 35.7 Å². The van der Waals surface area contributed by atoms with Crippen molar-refractivity contribution in [3.8, 4) is 0 Å². The van der Waals surface area contributed by atoms with Crippen LogP contribution < -0.4 is 10.2 Å². The average molecular weight is 412 g/mol. The first kappa shape index (κ1) is 19.3. The number of aromatic nitrogens is 3. The van der Waals surface area contributed by atoms with Crippen LogP contribution in [0.5, 0.6) is 0 Å². The van der Waals surface area contributed by atoms with Crippen LogP contribution in [-0.4, -0.2) is 51.9 Å². The second kappa shape index (κ2) is 8.12. The number of hydrogen-bond acceptors (Lipinski definition) is 7. The summed E-state index contributed by atoms with van der Waals surface area (Å²) in [6.07, 6.45) is 0. The molecule has 1 aliphatic rings. The molecule has 29 heavy (non-hydrogen) atoms. The maximum absolute atomic E-state index is 13.1. The molecule has 1 aromatic carbocycles. The number of benzene rings is 1. The Balaban J connectivity index is 1.37. The molecule has 0 bridgehead atoms. The smallest absolute Gasteiger partial charge is 0.273 e. The van der Waals surface area contributed by atoms with Gasteiger partial charge >= 0.3 is 0 Å². The van der Waals surface area contributed by atoms with Gasteiger partial charge in [0.05, 0.1) is 0 Å². The van der Waals surface area contributed by atoms with Gasteiger partial charge in [0.25, 0.3) is 5.91 Å². The molecule has 1 amide bonds. The number of carbonyl (C=O) groups excluding carboxylic acids is 1. The third-order valence-corrected chi connectivity index (χ3v) is 5.44. The third-order valence-electron chi connectivity index (χ3n) is 4.68. The van der Waals surface area contributed by atoms with Crippen molar-refractivity contribution >= 4 is 34.0 Å². The van der Waals surface area contributed by atoms with E-state index in [4.69, 9.17) is 0 Å². The normalized spacial score (nSPS) is 14.2. The third kappa shape index (κ3) is 4.51. The van der Waals surface area contributed by atoms with E-state index in [1.165, 1.54) is 23.5 Å². The highest BCUT2D eigenvalue weighted by Gasteiger charge is 2.24. The zero-order valence-corrected chi connectivity index (χ0v) is 17.0. The molecule has 0 spiro atoms. The number of piperazine rings is 1. The molecule has 1 aliphatic heterocycles. The Kier molecular flexibility index (Phi) is 5.39. The molecule has 150 valence electrons. The van der Waals surface area contributed by atoms with Gasteiger partial charge in [0, 0.05) is 48.6 Å². The van der Waals surface area contributed by atoms with Gasteiger partial charge in [-0.3, -0.25) is 4.79 Å². The van der Waals surface area contributed by atoms with Gasteiger partial charge in [0.2, 0.25) is 5.95 Å². The SMILES string of the molecule is Cc1cc(C)nc(Nc2nc(C(=O)N3CCN(c4ccc(F)cc4)CC3)cs2)n1.